The zero-order valence-corrected chi connectivity index (χ0v) is 7.32. The molecule has 0 heterocycles. The maximum absolute atomic E-state index is 11.3. The highest BCUT2D eigenvalue weighted by Gasteiger charge is 2.26. The first-order valence-electron chi connectivity index (χ1n) is 4.33. The van der Waals surface area contributed by atoms with Gasteiger partial charge in [-0.3, -0.25) is 4.79 Å². The van der Waals surface area contributed by atoms with Crippen LogP contribution in [0, 0.1) is 5.92 Å². The highest BCUT2D eigenvalue weighted by atomic mass is 16.5. The van der Waals surface area contributed by atoms with Crippen LogP contribution in [0.15, 0.2) is 12.2 Å². The van der Waals surface area contributed by atoms with Gasteiger partial charge < -0.3 is 10.5 Å². The number of carbonyl (C=O) groups is 1. The predicted octanol–water partition coefficient (Wildman–Crippen LogP) is 0.843. The topological polar surface area (TPSA) is 52.3 Å². The van der Waals surface area contributed by atoms with Gasteiger partial charge >= 0.3 is 5.97 Å². The molecular weight excluding hydrogens is 154 g/mol. The smallest absolute Gasteiger partial charge is 0.310 e. The van der Waals surface area contributed by atoms with Crippen LogP contribution in [0.4, 0.5) is 0 Å². The molecule has 0 saturated heterocycles. The maximum Gasteiger partial charge on any atom is 0.310 e. The Hall–Kier alpha value is -0.830. The zero-order chi connectivity index (χ0) is 8.97. The Morgan fingerprint density at radius 3 is 2.83 bits per heavy atom. The Kier molecular flexibility index (Phi) is 3.29. The highest BCUT2D eigenvalue weighted by Crippen LogP contribution is 2.18. The fraction of sp³-hybridized carbons (Fsp3) is 0.667. The molecule has 3 nitrogen and oxygen atoms in total. The van der Waals surface area contributed by atoms with Crippen LogP contribution in [0.2, 0.25) is 0 Å². The lowest BCUT2D eigenvalue weighted by molar-refractivity contribution is -0.148. The number of esters is 1. The van der Waals surface area contributed by atoms with Crippen LogP contribution >= 0.6 is 0 Å². The molecule has 68 valence electrons. The lowest BCUT2D eigenvalue weighted by Gasteiger charge is -2.22. The number of nitrogens with two attached hydrogens (primary N) is 1. The second-order valence-electron chi connectivity index (χ2n) is 2.97. The van der Waals surface area contributed by atoms with Crippen molar-refractivity contribution in [2.45, 2.75) is 25.8 Å². The van der Waals surface area contributed by atoms with Crippen LogP contribution in [0.5, 0.6) is 0 Å². The number of rotatable bonds is 2. The third-order valence-corrected chi connectivity index (χ3v) is 2.07. The van der Waals surface area contributed by atoms with E-state index in [1.54, 1.807) is 0 Å². The van der Waals surface area contributed by atoms with Gasteiger partial charge in [-0.15, -0.1) is 0 Å². The third-order valence-electron chi connectivity index (χ3n) is 2.07. The number of hydrogen-bond acceptors (Lipinski definition) is 3. The van der Waals surface area contributed by atoms with Crippen LogP contribution in [-0.2, 0) is 9.53 Å². The maximum atomic E-state index is 11.3. The lowest BCUT2D eigenvalue weighted by Crippen LogP contribution is -2.37. The summed E-state index contributed by atoms with van der Waals surface area (Å²) in [5, 5.41) is 0. The van der Waals surface area contributed by atoms with Crippen molar-refractivity contribution in [2.75, 3.05) is 6.61 Å². The van der Waals surface area contributed by atoms with Crippen molar-refractivity contribution >= 4 is 5.97 Å². The van der Waals surface area contributed by atoms with Crippen molar-refractivity contribution in [1.82, 2.24) is 0 Å². The summed E-state index contributed by atoms with van der Waals surface area (Å²) in [5.41, 5.74) is 5.76. The number of carbonyl (C=O) groups excluding carboxylic acids is 1. The van der Waals surface area contributed by atoms with Crippen LogP contribution in [-0.4, -0.2) is 18.6 Å². The highest BCUT2D eigenvalue weighted by molar-refractivity contribution is 5.73. The first kappa shape index (κ1) is 9.26. The van der Waals surface area contributed by atoms with E-state index in [2.05, 4.69) is 0 Å². The molecule has 0 aromatic carbocycles. The molecule has 0 amide bonds. The molecule has 12 heavy (non-hydrogen) atoms. The molecule has 1 aliphatic carbocycles. The predicted molar refractivity (Wildman–Crippen MR) is 46.5 cm³/mol. The van der Waals surface area contributed by atoms with Gasteiger partial charge in [-0.05, 0) is 19.8 Å². The first-order chi connectivity index (χ1) is 5.75. The Morgan fingerprint density at radius 1 is 1.58 bits per heavy atom. The van der Waals surface area contributed by atoms with Crippen LogP contribution < -0.4 is 5.73 Å². The molecule has 0 spiro atoms. The monoisotopic (exact) mass is 169 g/mol. The van der Waals surface area contributed by atoms with E-state index in [-0.39, 0.29) is 17.9 Å². The molecular formula is C9H15NO2. The summed E-state index contributed by atoms with van der Waals surface area (Å²) >= 11 is 0. The molecule has 0 radical (unpaired) electrons. The van der Waals surface area contributed by atoms with Gasteiger partial charge in [0.1, 0.15) is 0 Å². The van der Waals surface area contributed by atoms with Gasteiger partial charge in [0.2, 0.25) is 0 Å². The summed E-state index contributed by atoms with van der Waals surface area (Å²) in [6.07, 6.45) is 5.51. The normalized spacial score (nSPS) is 28.5. The van der Waals surface area contributed by atoms with Gasteiger partial charge in [0.25, 0.3) is 0 Å². The minimum atomic E-state index is -0.158. The standard InChI is InChI=1S/C9H15NO2/c1-2-12-9(11)7-5-3-4-6-8(7)10/h3-4,7-8H,2,5-6,10H2,1H3/t7-,8+/m0/s1. The largest absolute Gasteiger partial charge is 0.466 e. The second-order valence-corrected chi connectivity index (χ2v) is 2.97. The molecule has 1 aliphatic rings. The number of ether oxygens (including phenoxy) is 1. The van der Waals surface area contributed by atoms with Gasteiger partial charge in [0.15, 0.2) is 0 Å². The number of allylic oxidation sites excluding steroid dienone is 1. The van der Waals surface area contributed by atoms with Gasteiger partial charge in [-0.1, -0.05) is 12.2 Å². The van der Waals surface area contributed by atoms with Gasteiger partial charge in [-0.25, -0.2) is 0 Å². The average molecular weight is 169 g/mol. The minimum absolute atomic E-state index is 0.0611. The van der Waals surface area contributed by atoms with E-state index >= 15 is 0 Å². The summed E-state index contributed by atoms with van der Waals surface area (Å²) in [7, 11) is 0. The van der Waals surface area contributed by atoms with E-state index in [0.29, 0.717) is 6.61 Å². The Balaban J connectivity index is 2.49. The molecule has 2 N–H and O–H groups in total. The quantitative estimate of drug-likeness (QED) is 0.492. The van der Waals surface area contributed by atoms with Crippen molar-refractivity contribution in [1.29, 1.82) is 0 Å². The van der Waals surface area contributed by atoms with E-state index in [9.17, 15) is 4.79 Å². The lowest BCUT2D eigenvalue weighted by atomic mass is 9.90. The van der Waals surface area contributed by atoms with Crippen molar-refractivity contribution in [3.8, 4) is 0 Å². The average Bonchev–Trinajstić information content (AvgIpc) is 2.05. The number of hydrogen-bond donors (Lipinski definition) is 1. The third kappa shape index (κ3) is 2.08. The van der Waals surface area contributed by atoms with E-state index in [1.807, 2.05) is 19.1 Å². The molecule has 0 aromatic heterocycles. The molecule has 0 fully saturated rings. The summed E-state index contributed by atoms with van der Waals surface area (Å²) in [6.45, 7) is 2.24. The summed E-state index contributed by atoms with van der Waals surface area (Å²) in [6, 6.07) is -0.0611. The van der Waals surface area contributed by atoms with Crippen molar-refractivity contribution in [3.05, 3.63) is 12.2 Å². The molecule has 0 saturated carbocycles. The molecule has 2 atom stereocenters. The van der Waals surface area contributed by atoms with Gasteiger partial charge in [0, 0.05) is 6.04 Å². The summed E-state index contributed by atoms with van der Waals surface area (Å²) in [4.78, 5) is 11.3. The van der Waals surface area contributed by atoms with Crippen LogP contribution in [0.1, 0.15) is 19.8 Å². The van der Waals surface area contributed by atoms with Crippen molar-refractivity contribution in [2.24, 2.45) is 11.7 Å². The zero-order valence-electron chi connectivity index (χ0n) is 7.32. The van der Waals surface area contributed by atoms with Crippen LogP contribution in [0.25, 0.3) is 0 Å². The molecule has 0 aromatic rings. The molecule has 3 heteroatoms. The van der Waals surface area contributed by atoms with E-state index < -0.39 is 0 Å². The summed E-state index contributed by atoms with van der Waals surface area (Å²) in [5.74, 6) is -0.288. The summed E-state index contributed by atoms with van der Waals surface area (Å²) < 4.78 is 4.90. The van der Waals surface area contributed by atoms with Crippen LogP contribution in [0.3, 0.4) is 0 Å². The SMILES string of the molecule is CCOC(=O)[C@H]1CC=CC[C@H]1N. The Labute approximate surface area is 72.6 Å². The first-order valence-corrected chi connectivity index (χ1v) is 4.33. The van der Waals surface area contributed by atoms with E-state index in [0.717, 1.165) is 12.8 Å². The Morgan fingerprint density at radius 2 is 2.25 bits per heavy atom. The fourth-order valence-corrected chi connectivity index (χ4v) is 1.36. The molecule has 1 rings (SSSR count). The molecule has 0 unspecified atom stereocenters. The molecule has 0 aliphatic heterocycles. The van der Waals surface area contributed by atoms with Crippen molar-refractivity contribution < 1.29 is 9.53 Å². The Bertz CT molecular complexity index is 189. The minimum Gasteiger partial charge on any atom is -0.466 e. The second kappa shape index (κ2) is 4.26. The van der Waals surface area contributed by atoms with E-state index in [1.165, 1.54) is 0 Å². The van der Waals surface area contributed by atoms with E-state index in [4.69, 9.17) is 10.5 Å². The van der Waals surface area contributed by atoms with Crippen molar-refractivity contribution in [3.63, 3.8) is 0 Å². The fourth-order valence-electron chi connectivity index (χ4n) is 1.36. The molecule has 0 bridgehead atoms. The van der Waals surface area contributed by atoms with Gasteiger partial charge in [-0.2, -0.15) is 0 Å². The van der Waals surface area contributed by atoms with Gasteiger partial charge in [0.05, 0.1) is 12.5 Å².